The molecule has 0 aliphatic rings. The summed E-state index contributed by atoms with van der Waals surface area (Å²) in [6.07, 6.45) is 0. The van der Waals surface area contributed by atoms with Gasteiger partial charge in [0, 0.05) is 0 Å². The monoisotopic (exact) mass is 236 g/mol. The van der Waals surface area contributed by atoms with Crippen LogP contribution < -0.4 is 40.1 Å². The van der Waals surface area contributed by atoms with Gasteiger partial charge in [-0.3, -0.25) is 0 Å². The van der Waals surface area contributed by atoms with E-state index in [-0.39, 0.29) is 18.9 Å². The fraction of sp³-hybridized carbons (Fsp3) is 1.00. The Balaban J connectivity index is 0. The van der Waals surface area contributed by atoms with E-state index in [1.54, 1.807) is 0 Å². The standard InChI is InChI=1S/C2H2F4I.Li/c3-1(4)7-2(5)6;/h1-2H;/q-1;+1. The van der Waals surface area contributed by atoms with Crippen molar-refractivity contribution in [3.8, 4) is 0 Å². The first kappa shape index (κ1) is 11.8. The predicted molar refractivity (Wildman–Crippen MR) is 12.0 cm³/mol. The van der Waals surface area contributed by atoms with Gasteiger partial charge in [-0.2, -0.15) is 0 Å². The van der Waals surface area contributed by atoms with Gasteiger partial charge in [-0.15, -0.1) is 0 Å². The summed E-state index contributed by atoms with van der Waals surface area (Å²) < 4.78 is 37.9. The van der Waals surface area contributed by atoms with E-state index in [1.165, 1.54) is 0 Å². The van der Waals surface area contributed by atoms with E-state index in [0.717, 1.165) is 0 Å². The van der Waals surface area contributed by atoms with Crippen LogP contribution in [-0.4, -0.2) is 8.86 Å². The molecule has 0 aliphatic carbocycles. The average molecular weight is 236 g/mol. The quantitative estimate of drug-likeness (QED) is 0.196. The summed E-state index contributed by atoms with van der Waals surface area (Å²) in [6, 6.07) is 0. The van der Waals surface area contributed by atoms with Crippen LogP contribution in [0.4, 0.5) is 17.6 Å². The molecule has 0 heterocycles. The Morgan fingerprint density at radius 1 is 0.875 bits per heavy atom. The summed E-state index contributed by atoms with van der Waals surface area (Å²) >= 11 is -2.16. The molecule has 46 valence electrons. The normalized spacial score (nSPS) is 10.2. The molecule has 0 fully saturated rings. The molecular formula is C2H2F4ILi. The van der Waals surface area contributed by atoms with Crippen molar-refractivity contribution < 1.29 is 57.6 Å². The Bertz CT molecular complexity index is 43.3. The van der Waals surface area contributed by atoms with Crippen LogP contribution in [0.3, 0.4) is 0 Å². The van der Waals surface area contributed by atoms with E-state index in [9.17, 15) is 17.6 Å². The molecule has 0 amide bonds. The van der Waals surface area contributed by atoms with Crippen molar-refractivity contribution in [2.75, 3.05) is 0 Å². The zero-order valence-electron chi connectivity index (χ0n) is 4.04. The first-order valence-corrected chi connectivity index (χ1v) is 3.80. The Morgan fingerprint density at radius 3 is 1.12 bits per heavy atom. The zero-order valence-corrected chi connectivity index (χ0v) is 6.20. The van der Waals surface area contributed by atoms with E-state index < -0.39 is 30.1 Å². The van der Waals surface area contributed by atoms with Gasteiger partial charge in [0.25, 0.3) is 0 Å². The molecule has 0 aromatic rings. The van der Waals surface area contributed by atoms with Crippen LogP contribution in [0, 0.1) is 0 Å². The number of alkyl halides is 6. The van der Waals surface area contributed by atoms with Crippen LogP contribution in [-0.2, 0) is 0 Å². The summed E-state index contributed by atoms with van der Waals surface area (Å²) in [4.78, 5) is 0. The third-order valence-electron chi connectivity index (χ3n) is 0.190. The second-order valence-electron chi connectivity index (χ2n) is 0.621. The van der Waals surface area contributed by atoms with Gasteiger partial charge in [0.05, 0.1) is 0 Å². The van der Waals surface area contributed by atoms with E-state index >= 15 is 0 Å². The molecule has 0 nitrogen and oxygen atoms in total. The predicted octanol–water partition coefficient (Wildman–Crippen LogP) is -4.48. The van der Waals surface area contributed by atoms with Crippen LogP contribution in [0.5, 0.6) is 0 Å². The van der Waals surface area contributed by atoms with Gasteiger partial charge in [-0.05, 0) is 0 Å². The van der Waals surface area contributed by atoms with Crippen molar-refractivity contribution in [1.82, 2.24) is 0 Å². The number of rotatable bonds is 2. The van der Waals surface area contributed by atoms with E-state index in [1.807, 2.05) is 0 Å². The Morgan fingerprint density at radius 2 is 1.12 bits per heavy atom. The van der Waals surface area contributed by atoms with E-state index in [2.05, 4.69) is 0 Å². The van der Waals surface area contributed by atoms with Crippen LogP contribution in [0.15, 0.2) is 0 Å². The molecule has 0 bridgehead atoms. The zero-order chi connectivity index (χ0) is 5.86. The number of halogens is 5. The molecule has 0 saturated heterocycles. The summed E-state index contributed by atoms with van der Waals surface area (Å²) in [5.74, 6) is 0. The van der Waals surface area contributed by atoms with Gasteiger partial charge in [0.1, 0.15) is 0 Å². The van der Waals surface area contributed by atoms with Gasteiger partial charge < -0.3 is 0 Å². The van der Waals surface area contributed by atoms with Crippen LogP contribution in [0.2, 0.25) is 0 Å². The second-order valence-corrected chi connectivity index (χ2v) is 3.22. The maximum Gasteiger partial charge on any atom is 1.00 e. The first-order valence-electron chi connectivity index (χ1n) is 1.31. The van der Waals surface area contributed by atoms with Crippen LogP contribution in [0.25, 0.3) is 0 Å². The third-order valence-corrected chi connectivity index (χ3v) is 1.28. The molecule has 0 aromatic heterocycles. The molecule has 0 radical (unpaired) electrons. The second kappa shape index (κ2) is 6.17. The van der Waals surface area contributed by atoms with Crippen molar-refractivity contribution in [3.05, 3.63) is 0 Å². The maximum atomic E-state index is 10.9. The summed E-state index contributed by atoms with van der Waals surface area (Å²) in [6.45, 7) is 0. The number of hydrogen-bond donors (Lipinski definition) is 0. The fourth-order valence-electron chi connectivity index (χ4n) is 0.0720. The average Bonchev–Trinajstić information content (AvgIpc) is 1.27. The molecule has 0 saturated carbocycles. The minimum absolute atomic E-state index is 0. The topological polar surface area (TPSA) is 0 Å². The molecule has 0 spiro atoms. The molecule has 0 rings (SSSR count). The minimum Gasteiger partial charge on any atom is 1.00 e. The Kier molecular flexibility index (Phi) is 9.10. The molecule has 0 atom stereocenters. The van der Waals surface area contributed by atoms with Crippen molar-refractivity contribution in [1.29, 1.82) is 0 Å². The van der Waals surface area contributed by atoms with Crippen molar-refractivity contribution >= 4 is 0 Å². The molecule has 8 heavy (non-hydrogen) atoms. The molecule has 0 unspecified atom stereocenters. The van der Waals surface area contributed by atoms with Crippen molar-refractivity contribution in [2.45, 2.75) is 8.86 Å². The molecular weight excluding hydrogens is 234 g/mol. The van der Waals surface area contributed by atoms with Crippen LogP contribution >= 0.6 is 0 Å². The molecule has 0 aromatic carbocycles. The summed E-state index contributed by atoms with van der Waals surface area (Å²) in [5.41, 5.74) is 0. The summed E-state index contributed by atoms with van der Waals surface area (Å²) in [5, 5.41) is 0. The van der Waals surface area contributed by atoms with Gasteiger partial charge in [-0.1, -0.05) is 0 Å². The number of hydrogen-bond acceptors (Lipinski definition) is 0. The van der Waals surface area contributed by atoms with Gasteiger partial charge in [0.15, 0.2) is 0 Å². The molecule has 6 heteroatoms. The SMILES string of the molecule is FC(F)[I-]C(F)F.[Li+]. The van der Waals surface area contributed by atoms with Crippen LogP contribution in [0.1, 0.15) is 0 Å². The van der Waals surface area contributed by atoms with Crippen molar-refractivity contribution in [3.63, 3.8) is 0 Å². The summed E-state index contributed by atoms with van der Waals surface area (Å²) in [7, 11) is 0. The molecule has 0 N–H and O–H groups in total. The van der Waals surface area contributed by atoms with Gasteiger partial charge >= 0.3 is 66.5 Å². The smallest absolute Gasteiger partial charge is 1.00 e. The van der Waals surface area contributed by atoms with Gasteiger partial charge in [0.2, 0.25) is 0 Å². The molecule has 0 aliphatic heterocycles. The third kappa shape index (κ3) is 10.1. The van der Waals surface area contributed by atoms with E-state index in [4.69, 9.17) is 0 Å². The largest absolute Gasteiger partial charge is 1.00 e. The Labute approximate surface area is 66.4 Å². The van der Waals surface area contributed by atoms with Crippen molar-refractivity contribution in [2.24, 2.45) is 0 Å². The Hall–Kier alpha value is 1.05. The first-order chi connectivity index (χ1) is 3.13. The van der Waals surface area contributed by atoms with E-state index in [0.29, 0.717) is 0 Å². The fourth-order valence-corrected chi connectivity index (χ4v) is 0.483. The van der Waals surface area contributed by atoms with Gasteiger partial charge in [-0.25, -0.2) is 0 Å². The minimum atomic E-state index is -2.77. The maximum absolute atomic E-state index is 10.9.